The summed E-state index contributed by atoms with van der Waals surface area (Å²) in [6, 6.07) is 15.2. The molecule has 0 radical (unpaired) electrons. The van der Waals surface area contributed by atoms with Crippen LogP contribution in [0.5, 0.6) is 11.5 Å². The average Bonchev–Trinajstić information content (AvgIpc) is 3.79. The fraction of sp³-hybridized carbons (Fsp3) is 0.212. The lowest BCUT2D eigenvalue weighted by atomic mass is 10.0. The quantitative estimate of drug-likeness (QED) is 0.233. The normalized spacial score (nSPS) is 13.4. The molecule has 1 N–H and O–H groups in total. The van der Waals surface area contributed by atoms with E-state index in [2.05, 4.69) is 20.2 Å². The number of nitrogens with zero attached hydrogens (tertiary/aromatic N) is 6. The Labute approximate surface area is 261 Å². The van der Waals surface area contributed by atoms with Crippen LogP contribution in [-0.4, -0.2) is 61.4 Å². The van der Waals surface area contributed by atoms with Gasteiger partial charge in [0.25, 0.3) is 5.56 Å². The predicted octanol–water partition coefficient (Wildman–Crippen LogP) is 4.63. The SMILES string of the molecule is Cn1c(Cn2cccn2)c(C(=O)Cc2ccc(Oc3cc4cn[nH]c4cc3N3CCOCC3)c(F)c2)c(=O)n1-c1ccc(F)cc1. The van der Waals surface area contributed by atoms with Crippen molar-refractivity contribution >= 4 is 22.4 Å². The summed E-state index contributed by atoms with van der Waals surface area (Å²) in [5, 5.41) is 12.1. The fourth-order valence-electron chi connectivity index (χ4n) is 5.75. The van der Waals surface area contributed by atoms with Gasteiger partial charge in [0.1, 0.15) is 11.4 Å². The van der Waals surface area contributed by atoms with Gasteiger partial charge in [-0.05, 0) is 60.2 Å². The van der Waals surface area contributed by atoms with Crippen LogP contribution in [0.2, 0.25) is 0 Å². The number of nitrogens with one attached hydrogen (secondary N) is 1. The van der Waals surface area contributed by atoms with Crippen molar-refractivity contribution < 1.29 is 23.0 Å². The third-order valence-electron chi connectivity index (χ3n) is 8.06. The fourth-order valence-corrected chi connectivity index (χ4v) is 5.75. The number of anilines is 1. The van der Waals surface area contributed by atoms with E-state index in [0.717, 1.165) is 16.6 Å². The zero-order chi connectivity index (χ0) is 31.8. The molecule has 3 aromatic carbocycles. The van der Waals surface area contributed by atoms with Crippen molar-refractivity contribution in [1.82, 2.24) is 29.3 Å². The zero-order valence-corrected chi connectivity index (χ0v) is 24.8. The summed E-state index contributed by atoms with van der Waals surface area (Å²) in [6.07, 6.45) is 4.76. The van der Waals surface area contributed by atoms with E-state index in [1.807, 2.05) is 12.1 Å². The molecule has 1 aliphatic rings. The lowest BCUT2D eigenvalue weighted by molar-refractivity contribution is 0.0990. The number of hydrogen-bond acceptors (Lipinski definition) is 7. The van der Waals surface area contributed by atoms with Crippen molar-refractivity contribution in [1.29, 1.82) is 0 Å². The smallest absolute Gasteiger partial charge is 0.282 e. The number of aromatic nitrogens is 6. The number of halogens is 2. The Kier molecular flexibility index (Phi) is 7.66. The van der Waals surface area contributed by atoms with Gasteiger partial charge in [0.15, 0.2) is 23.1 Å². The molecule has 0 aliphatic carbocycles. The van der Waals surface area contributed by atoms with E-state index >= 15 is 4.39 Å². The second-order valence-electron chi connectivity index (χ2n) is 11.0. The third-order valence-corrected chi connectivity index (χ3v) is 8.06. The molecule has 13 heteroatoms. The number of carbonyl (C=O) groups excluding carboxylic acids is 1. The number of benzene rings is 3. The number of rotatable bonds is 9. The van der Waals surface area contributed by atoms with Gasteiger partial charge in [0, 0.05) is 44.3 Å². The van der Waals surface area contributed by atoms with E-state index in [9.17, 15) is 14.0 Å². The largest absolute Gasteiger partial charge is 0.452 e. The molecule has 1 fully saturated rings. The van der Waals surface area contributed by atoms with Crippen LogP contribution < -0.4 is 15.2 Å². The Morgan fingerprint density at radius 3 is 2.59 bits per heavy atom. The summed E-state index contributed by atoms with van der Waals surface area (Å²) >= 11 is 0. The van der Waals surface area contributed by atoms with Gasteiger partial charge >= 0.3 is 0 Å². The van der Waals surface area contributed by atoms with E-state index in [-0.39, 0.29) is 24.3 Å². The molecule has 1 saturated heterocycles. The molecular weight excluding hydrogens is 596 g/mol. The first-order valence-electron chi connectivity index (χ1n) is 14.7. The molecule has 1 aliphatic heterocycles. The number of hydrogen-bond donors (Lipinski definition) is 1. The topological polar surface area (TPSA) is 112 Å². The maximum atomic E-state index is 15.5. The molecule has 0 spiro atoms. The number of ether oxygens (including phenoxy) is 2. The lowest BCUT2D eigenvalue weighted by Crippen LogP contribution is -2.36. The molecule has 11 nitrogen and oxygen atoms in total. The van der Waals surface area contributed by atoms with Gasteiger partial charge in [-0.15, -0.1) is 0 Å². The summed E-state index contributed by atoms with van der Waals surface area (Å²) < 4.78 is 45.3. The van der Waals surface area contributed by atoms with Crippen molar-refractivity contribution in [2.75, 3.05) is 31.2 Å². The summed E-state index contributed by atoms with van der Waals surface area (Å²) in [4.78, 5) is 29.6. The van der Waals surface area contributed by atoms with E-state index in [1.165, 1.54) is 41.1 Å². The molecule has 7 rings (SSSR count). The Morgan fingerprint density at radius 1 is 1.04 bits per heavy atom. The highest BCUT2D eigenvalue weighted by Gasteiger charge is 2.26. The first kappa shape index (κ1) is 29.2. The Balaban J connectivity index is 1.18. The number of H-pyrrole nitrogens is 1. The minimum absolute atomic E-state index is 0.00805. The van der Waals surface area contributed by atoms with Gasteiger partial charge in [0.2, 0.25) is 0 Å². The van der Waals surface area contributed by atoms with Gasteiger partial charge < -0.3 is 14.4 Å². The Bertz CT molecular complexity index is 2090. The second kappa shape index (κ2) is 12.1. The van der Waals surface area contributed by atoms with Crippen LogP contribution in [0.4, 0.5) is 14.5 Å². The highest BCUT2D eigenvalue weighted by atomic mass is 19.1. The number of Topliss-reactive ketones (excluding diaryl/α,β-unsaturated/α-hetero) is 1. The molecule has 0 atom stereocenters. The van der Waals surface area contributed by atoms with Crippen molar-refractivity contribution in [3.63, 3.8) is 0 Å². The molecule has 234 valence electrons. The van der Waals surface area contributed by atoms with Gasteiger partial charge in [-0.2, -0.15) is 10.2 Å². The van der Waals surface area contributed by atoms with E-state index in [1.54, 1.807) is 47.1 Å². The number of ketones is 1. The number of fused-ring (bicyclic) bond motifs is 1. The first-order valence-corrected chi connectivity index (χ1v) is 14.7. The number of aromatic amines is 1. The summed E-state index contributed by atoms with van der Waals surface area (Å²) in [7, 11) is 1.65. The maximum Gasteiger partial charge on any atom is 0.282 e. The highest BCUT2D eigenvalue weighted by Crippen LogP contribution is 2.37. The minimum atomic E-state index is -0.654. The third kappa shape index (κ3) is 5.56. The maximum absolute atomic E-state index is 15.5. The molecule has 0 bridgehead atoms. The van der Waals surface area contributed by atoms with E-state index in [4.69, 9.17) is 9.47 Å². The van der Waals surface area contributed by atoms with Crippen LogP contribution in [0, 0.1) is 11.6 Å². The molecule has 0 unspecified atom stereocenters. The molecule has 46 heavy (non-hydrogen) atoms. The van der Waals surface area contributed by atoms with Crippen LogP contribution in [0.1, 0.15) is 21.6 Å². The van der Waals surface area contributed by atoms with E-state index in [0.29, 0.717) is 49.0 Å². The average molecular weight is 626 g/mol. The summed E-state index contributed by atoms with van der Waals surface area (Å²) in [6.45, 7) is 2.59. The molecule has 3 aromatic heterocycles. The van der Waals surface area contributed by atoms with Gasteiger partial charge in [-0.25, -0.2) is 13.5 Å². The zero-order valence-electron chi connectivity index (χ0n) is 24.8. The van der Waals surface area contributed by atoms with E-state index < -0.39 is 23.0 Å². The highest BCUT2D eigenvalue weighted by molar-refractivity contribution is 5.98. The monoisotopic (exact) mass is 625 g/mol. The molecule has 0 saturated carbocycles. The number of morpholine rings is 1. The lowest BCUT2D eigenvalue weighted by Gasteiger charge is -2.30. The standard InChI is InChI=1S/C33H29F2N7O4/c1-39-28(20-41-10-2-9-37-41)32(33(44)42(39)24-6-4-23(34)5-7-24)29(43)16-21-3-8-30(25(35)15-21)46-31-17-22-19-36-38-26(22)18-27(31)40-11-13-45-14-12-40/h2-10,15,17-19H,11-14,16,20H2,1H3,(H,36,38). The van der Waals surface area contributed by atoms with Crippen molar-refractivity contribution in [3.8, 4) is 17.2 Å². The van der Waals surface area contributed by atoms with Crippen molar-refractivity contribution in [2.24, 2.45) is 7.05 Å². The Hall–Kier alpha value is -5.56. The minimum Gasteiger partial charge on any atom is -0.452 e. The predicted molar refractivity (Wildman–Crippen MR) is 166 cm³/mol. The molecule has 0 amide bonds. The van der Waals surface area contributed by atoms with Crippen LogP contribution in [0.3, 0.4) is 0 Å². The second-order valence-corrected chi connectivity index (χ2v) is 11.0. The summed E-state index contributed by atoms with van der Waals surface area (Å²) in [5.41, 5.74) is 2.18. The van der Waals surface area contributed by atoms with Gasteiger partial charge in [-0.3, -0.25) is 24.1 Å². The van der Waals surface area contributed by atoms with Crippen LogP contribution >= 0.6 is 0 Å². The first-order chi connectivity index (χ1) is 22.4. The molecule has 6 aromatic rings. The number of carbonyl (C=O) groups is 1. The van der Waals surface area contributed by atoms with Gasteiger partial charge in [0.05, 0.1) is 48.5 Å². The van der Waals surface area contributed by atoms with Crippen molar-refractivity contribution in [2.45, 2.75) is 13.0 Å². The van der Waals surface area contributed by atoms with Crippen LogP contribution in [0.25, 0.3) is 16.6 Å². The van der Waals surface area contributed by atoms with Crippen molar-refractivity contribution in [3.05, 3.63) is 118 Å². The molecule has 4 heterocycles. The molecular formula is C33H29F2N7O4. The van der Waals surface area contributed by atoms with Crippen LogP contribution in [0.15, 0.2) is 84.0 Å². The van der Waals surface area contributed by atoms with Gasteiger partial charge in [-0.1, -0.05) is 6.07 Å². The Morgan fingerprint density at radius 2 is 1.85 bits per heavy atom. The summed E-state index contributed by atoms with van der Waals surface area (Å²) in [5.74, 6) is -1.14. The van der Waals surface area contributed by atoms with Crippen LogP contribution in [-0.2, 0) is 24.8 Å².